The van der Waals surface area contributed by atoms with Crippen LogP contribution in [0.25, 0.3) is 0 Å². The number of rotatable bonds is 3. The molecule has 1 N–H and O–H groups in total. The van der Waals surface area contributed by atoms with Crippen molar-refractivity contribution >= 4 is 23.6 Å². The van der Waals surface area contributed by atoms with Crippen LogP contribution in [-0.4, -0.2) is 17.4 Å². The Labute approximate surface area is 104 Å². The van der Waals surface area contributed by atoms with Gasteiger partial charge in [0.15, 0.2) is 6.29 Å². The third-order valence-electron chi connectivity index (χ3n) is 3.39. The third-order valence-corrected chi connectivity index (χ3v) is 4.45. The first-order valence-electron chi connectivity index (χ1n) is 6.04. The number of aromatic carboxylic acids is 1. The van der Waals surface area contributed by atoms with E-state index in [0.717, 1.165) is 48.9 Å². The van der Waals surface area contributed by atoms with Crippen molar-refractivity contribution < 1.29 is 14.7 Å². The van der Waals surface area contributed by atoms with E-state index in [-0.39, 0.29) is 0 Å². The summed E-state index contributed by atoms with van der Waals surface area (Å²) in [6, 6.07) is 1.77. The van der Waals surface area contributed by atoms with Gasteiger partial charge in [0.2, 0.25) is 0 Å². The highest BCUT2D eigenvalue weighted by atomic mass is 32.1. The Morgan fingerprint density at radius 1 is 1.29 bits per heavy atom. The van der Waals surface area contributed by atoms with Crippen molar-refractivity contribution in [1.29, 1.82) is 0 Å². The molecule has 0 spiro atoms. The summed E-state index contributed by atoms with van der Waals surface area (Å²) in [4.78, 5) is 22.8. The Balaban J connectivity index is 2.31. The maximum Gasteiger partial charge on any atom is 0.346 e. The van der Waals surface area contributed by atoms with Crippen molar-refractivity contribution in [3.8, 4) is 0 Å². The van der Waals surface area contributed by atoms with E-state index in [1.807, 2.05) is 0 Å². The number of carboxylic acids is 1. The van der Waals surface area contributed by atoms with Crippen LogP contribution in [-0.2, 0) is 0 Å². The molecular formula is C13H16O3S. The van der Waals surface area contributed by atoms with Crippen LogP contribution in [0.5, 0.6) is 0 Å². The molecule has 1 saturated carbocycles. The van der Waals surface area contributed by atoms with E-state index in [1.54, 1.807) is 6.07 Å². The lowest BCUT2D eigenvalue weighted by atomic mass is 9.92. The molecule has 17 heavy (non-hydrogen) atoms. The summed E-state index contributed by atoms with van der Waals surface area (Å²) in [7, 11) is 0. The van der Waals surface area contributed by atoms with E-state index in [4.69, 9.17) is 5.11 Å². The van der Waals surface area contributed by atoms with Gasteiger partial charge in [0, 0.05) is 0 Å². The molecule has 1 aromatic heterocycles. The monoisotopic (exact) mass is 252 g/mol. The zero-order chi connectivity index (χ0) is 12.3. The Morgan fingerprint density at radius 3 is 2.47 bits per heavy atom. The predicted molar refractivity (Wildman–Crippen MR) is 67.1 cm³/mol. The minimum absolute atomic E-state index is 0.327. The Kier molecular flexibility index (Phi) is 3.94. The quantitative estimate of drug-likeness (QED) is 0.659. The zero-order valence-corrected chi connectivity index (χ0v) is 10.5. The molecule has 4 heteroatoms. The van der Waals surface area contributed by atoms with Crippen LogP contribution in [0.2, 0.25) is 0 Å². The standard InChI is InChI=1S/C13H16O3S/c14-8-10-7-11(12(17-10)13(15)16)9-5-3-1-2-4-6-9/h7-9H,1-6H2,(H,15,16). The fourth-order valence-corrected chi connectivity index (χ4v) is 3.44. The molecule has 1 heterocycles. The maximum atomic E-state index is 11.2. The zero-order valence-electron chi connectivity index (χ0n) is 9.65. The maximum absolute atomic E-state index is 11.2. The number of carbonyl (C=O) groups is 2. The van der Waals surface area contributed by atoms with Gasteiger partial charge in [-0.05, 0) is 30.4 Å². The lowest BCUT2D eigenvalue weighted by Gasteiger charge is -2.13. The van der Waals surface area contributed by atoms with Gasteiger partial charge in [-0.15, -0.1) is 11.3 Å². The molecule has 0 amide bonds. The molecule has 92 valence electrons. The van der Waals surface area contributed by atoms with Crippen LogP contribution < -0.4 is 0 Å². The Hall–Kier alpha value is -1.16. The molecule has 0 aliphatic heterocycles. The average molecular weight is 252 g/mol. The number of carboxylic acid groups (broad SMARTS) is 1. The second kappa shape index (κ2) is 5.45. The van der Waals surface area contributed by atoms with Crippen LogP contribution in [0.4, 0.5) is 0 Å². The molecule has 0 saturated heterocycles. The molecule has 1 aromatic rings. The number of aldehydes is 1. The van der Waals surface area contributed by atoms with E-state index in [9.17, 15) is 9.59 Å². The first-order valence-corrected chi connectivity index (χ1v) is 6.86. The molecule has 1 aliphatic rings. The predicted octanol–water partition coefficient (Wildman–Crippen LogP) is 3.70. The molecule has 0 atom stereocenters. The normalized spacial score (nSPS) is 17.6. The van der Waals surface area contributed by atoms with Crippen LogP contribution in [0.3, 0.4) is 0 Å². The van der Waals surface area contributed by atoms with Crippen molar-refractivity contribution in [1.82, 2.24) is 0 Å². The molecule has 1 aliphatic carbocycles. The molecule has 0 aromatic carbocycles. The molecule has 1 fully saturated rings. The largest absolute Gasteiger partial charge is 0.477 e. The third kappa shape index (κ3) is 2.75. The van der Waals surface area contributed by atoms with E-state index < -0.39 is 5.97 Å². The summed E-state index contributed by atoms with van der Waals surface area (Å²) in [6.45, 7) is 0. The van der Waals surface area contributed by atoms with Crippen molar-refractivity contribution in [2.75, 3.05) is 0 Å². The van der Waals surface area contributed by atoms with Gasteiger partial charge in [-0.3, -0.25) is 4.79 Å². The van der Waals surface area contributed by atoms with Gasteiger partial charge in [0.25, 0.3) is 0 Å². The molecule has 0 bridgehead atoms. The number of carbonyl (C=O) groups excluding carboxylic acids is 1. The number of hydrogen-bond donors (Lipinski definition) is 1. The molecule has 0 radical (unpaired) electrons. The minimum atomic E-state index is -0.901. The summed E-state index contributed by atoms with van der Waals surface area (Å²) in [5.74, 6) is -0.573. The number of thiophene rings is 1. The van der Waals surface area contributed by atoms with E-state index >= 15 is 0 Å². The number of hydrogen-bond acceptors (Lipinski definition) is 3. The van der Waals surface area contributed by atoms with Crippen LogP contribution >= 0.6 is 11.3 Å². The highest BCUT2D eigenvalue weighted by Gasteiger charge is 2.23. The molecule has 2 rings (SSSR count). The van der Waals surface area contributed by atoms with Gasteiger partial charge in [-0.1, -0.05) is 25.7 Å². The van der Waals surface area contributed by atoms with Gasteiger partial charge in [-0.2, -0.15) is 0 Å². The van der Waals surface area contributed by atoms with Gasteiger partial charge in [0.1, 0.15) is 4.88 Å². The summed E-state index contributed by atoms with van der Waals surface area (Å²) in [5.41, 5.74) is 0.881. The average Bonchev–Trinajstić information content (AvgIpc) is 2.57. The lowest BCUT2D eigenvalue weighted by molar-refractivity contribution is 0.0700. The van der Waals surface area contributed by atoms with E-state index in [0.29, 0.717) is 15.7 Å². The summed E-state index contributed by atoms with van der Waals surface area (Å²) >= 11 is 1.10. The van der Waals surface area contributed by atoms with Crippen molar-refractivity contribution in [2.45, 2.75) is 44.4 Å². The van der Waals surface area contributed by atoms with Crippen LogP contribution in [0.15, 0.2) is 6.07 Å². The Morgan fingerprint density at radius 2 is 1.94 bits per heavy atom. The van der Waals surface area contributed by atoms with Gasteiger partial charge < -0.3 is 5.11 Å². The van der Waals surface area contributed by atoms with Crippen molar-refractivity contribution in [3.63, 3.8) is 0 Å². The second-order valence-corrected chi connectivity index (χ2v) is 5.63. The van der Waals surface area contributed by atoms with Crippen molar-refractivity contribution in [2.24, 2.45) is 0 Å². The molecular weight excluding hydrogens is 236 g/mol. The SMILES string of the molecule is O=Cc1cc(C2CCCCCC2)c(C(=O)O)s1. The van der Waals surface area contributed by atoms with Crippen molar-refractivity contribution in [3.05, 3.63) is 21.4 Å². The summed E-state index contributed by atoms with van der Waals surface area (Å²) in [6.07, 6.45) is 7.65. The highest BCUT2D eigenvalue weighted by Crippen LogP contribution is 2.36. The first-order chi connectivity index (χ1) is 8.22. The van der Waals surface area contributed by atoms with Gasteiger partial charge in [0.05, 0.1) is 4.88 Å². The highest BCUT2D eigenvalue weighted by molar-refractivity contribution is 7.15. The fourth-order valence-electron chi connectivity index (χ4n) is 2.54. The van der Waals surface area contributed by atoms with E-state index in [2.05, 4.69) is 0 Å². The minimum Gasteiger partial charge on any atom is -0.477 e. The first kappa shape index (κ1) is 12.3. The summed E-state index contributed by atoms with van der Waals surface area (Å²) < 4.78 is 0. The van der Waals surface area contributed by atoms with E-state index in [1.165, 1.54) is 12.8 Å². The Bertz CT molecular complexity index is 414. The second-order valence-electron chi connectivity index (χ2n) is 4.54. The van der Waals surface area contributed by atoms with Gasteiger partial charge in [-0.25, -0.2) is 4.79 Å². The lowest BCUT2D eigenvalue weighted by Crippen LogP contribution is -2.03. The molecule has 0 unspecified atom stereocenters. The van der Waals surface area contributed by atoms with Crippen LogP contribution in [0.1, 0.15) is 69.3 Å². The molecule has 3 nitrogen and oxygen atoms in total. The summed E-state index contributed by atoms with van der Waals surface area (Å²) in [5, 5.41) is 9.17. The smallest absolute Gasteiger partial charge is 0.346 e. The topological polar surface area (TPSA) is 54.4 Å². The van der Waals surface area contributed by atoms with Gasteiger partial charge >= 0.3 is 5.97 Å². The fraction of sp³-hybridized carbons (Fsp3) is 0.538. The van der Waals surface area contributed by atoms with Crippen LogP contribution in [0, 0.1) is 0 Å².